The second-order valence-corrected chi connectivity index (χ2v) is 17.7. The molecule has 14 nitrogen and oxygen atoms in total. The van der Waals surface area contributed by atoms with E-state index in [1.807, 2.05) is 53.7 Å². The Bertz CT molecular complexity index is 1540. The van der Waals surface area contributed by atoms with E-state index in [-0.39, 0.29) is 48.0 Å². The maximum Gasteiger partial charge on any atom is 0.373 e. The second-order valence-electron chi connectivity index (χ2n) is 16.4. The topological polar surface area (TPSA) is 207 Å². The fourth-order valence-electron chi connectivity index (χ4n) is 7.92. The molecule has 322 valence electrons. The molecule has 3 rings (SSSR count). The predicted octanol–water partition coefficient (Wildman–Crippen LogP) is 4.32. The highest BCUT2D eigenvalue weighted by molar-refractivity contribution is 8.00. The van der Waals surface area contributed by atoms with Crippen molar-refractivity contribution in [2.24, 2.45) is 35.5 Å². The first-order valence-electron chi connectivity index (χ1n) is 19.8. The van der Waals surface area contributed by atoms with E-state index in [0.717, 1.165) is 17.3 Å². The van der Waals surface area contributed by atoms with E-state index in [4.69, 9.17) is 23.7 Å². The van der Waals surface area contributed by atoms with Gasteiger partial charge in [-0.1, -0.05) is 83.9 Å². The molecular formula is C42H65NO13S. The highest BCUT2D eigenvalue weighted by Gasteiger charge is 2.53. The zero-order valence-electron chi connectivity index (χ0n) is 35.2. The second kappa shape index (κ2) is 21.2. The summed E-state index contributed by atoms with van der Waals surface area (Å²) < 4.78 is 29.7. The summed E-state index contributed by atoms with van der Waals surface area (Å²) in [5.74, 6) is -7.90. The lowest BCUT2D eigenvalue weighted by atomic mass is 9.76. The van der Waals surface area contributed by atoms with Gasteiger partial charge in [-0.2, -0.15) is 0 Å². The normalized spacial score (nSPS) is 38.4. The molecule has 2 saturated heterocycles. The lowest BCUT2D eigenvalue weighted by Gasteiger charge is -2.50. The minimum absolute atomic E-state index is 0.0553. The van der Waals surface area contributed by atoms with Crippen LogP contribution >= 0.6 is 11.8 Å². The van der Waals surface area contributed by atoms with Crippen LogP contribution in [0.25, 0.3) is 0 Å². The molecular weight excluding hydrogens is 759 g/mol. The average molecular weight is 824 g/mol. The van der Waals surface area contributed by atoms with Crippen molar-refractivity contribution in [2.45, 2.75) is 135 Å². The van der Waals surface area contributed by atoms with E-state index in [2.05, 4.69) is 5.32 Å². The van der Waals surface area contributed by atoms with E-state index >= 15 is 0 Å². The van der Waals surface area contributed by atoms with Crippen molar-refractivity contribution in [3.63, 3.8) is 0 Å². The summed E-state index contributed by atoms with van der Waals surface area (Å²) in [5.41, 5.74) is 1.69. The number of hydrogen-bond acceptors (Lipinski definition) is 13. The van der Waals surface area contributed by atoms with E-state index in [0.29, 0.717) is 12.0 Å². The van der Waals surface area contributed by atoms with Crippen LogP contribution in [0.2, 0.25) is 0 Å². The molecule has 3 aliphatic rings. The number of carboxylic acid groups (broad SMARTS) is 1. The van der Waals surface area contributed by atoms with Crippen molar-refractivity contribution >= 4 is 35.6 Å². The molecule has 0 aromatic rings. The third-order valence-electron chi connectivity index (χ3n) is 11.5. The fourth-order valence-corrected chi connectivity index (χ4v) is 9.04. The molecule has 0 aliphatic carbocycles. The summed E-state index contributed by atoms with van der Waals surface area (Å²) in [6, 6.07) is -1.04. The molecule has 3 heterocycles. The molecule has 15 heteroatoms. The summed E-state index contributed by atoms with van der Waals surface area (Å²) in [6.07, 6.45) is 3.53. The monoisotopic (exact) mass is 823 g/mol. The number of carbonyl (C=O) groups excluding carboxylic acids is 3. The van der Waals surface area contributed by atoms with Gasteiger partial charge in [0, 0.05) is 43.0 Å². The lowest BCUT2D eigenvalue weighted by molar-refractivity contribution is -0.329. The summed E-state index contributed by atoms with van der Waals surface area (Å²) >= 11 is 1.07. The highest BCUT2D eigenvalue weighted by Crippen LogP contribution is 2.43. The molecule has 0 aromatic heterocycles. The smallest absolute Gasteiger partial charge is 0.373 e. The van der Waals surface area contributed by atoms with Gasteiger partial charge in [0.1, 0.15) is 24.4 Å². The minimum Gasteiger partial charge on any atom is -0.490 e. The van der Waals surface area contributed by atoms with E-state index in [1.54, 1.807) is 32.9 Å². The number of amides is 1. The summed E-state index contributed by atoms with van der Waals surface area (Å²) in [5, 5.41) is 46.1. The minimum atomic E-state index is -2.01. The van der Waals surface area contributed by atoms with Crippen molar-refractivity contribution in [2.75, 3.05) is 20.0 Å². The summed E-state index contributed by atoms with van der Waals surface area (Å²) in [6.45, 7) is 16.6. The number of rotatable bonds is 11. The zero-order chi connectivity index (χ0) is 42.9. The number of aliphatic carboxylic acids is 1. The van der Waals surface area contributed by atoms with Crippen molar-refractivity contribution in [3.8, 4) is 0 Å². The van der Waals surface area contributed by atoms with Gasteiger partial charge in [-0.15, -0.1) is 11.8 Å². The number of aliphatic hydroxyl groups is 3. The van der Waals surface area contributed by atoms with E-state index in [1.165, 1.54) is 20.3 Å². The molecule has 2 fully saturated rings. The van der Waals surface area contributed by atoms with Crippen LogP contribution in [0.4, 0.5) is 0 Å². The maximum atomic E-state index is 13.7. The van der Waals surface area contributed by atoms with Crippen LogP contribution in [0.15, 0.2) is 47.3 Å². The molecule has 0 saturated carbocycles. The Morgan fingerprint density at radius 3 is 2.33 bits per heavy atom. The largest absolute Gasteiger partial charge is 0.490 e. The number of esters is 2. The van der Waals surface area contributed by atoms with Crippen LogP contribution in [0.5, 0.6) is 0 Å². The Hall–Kier alpha value is -3.21. The number of nitrogens with one attached hydrogen (secondary N) is 1. The van der Waals surface area contributed by atoms with Gasteiger partial charge in [-0.3, -0.25) is 9.59 Å². The number of carboxylic acids is 1. The van der Waals surface area contributed by atoms with Crippen LogP contribution in [0, 0.1) is 35.5 Å². The number of cyclic esters (lactones) is 1. The Balaban J connectivity index is 1.93. The first-order valence-corrected chi connectivity index (χ1v) is 20.8. The fraction of sp³-hybridized carbons (Fsp3) is 0.714. The third kappa shape index (κ3) is 12.6. The molecule has 3 aliphatic heterocycles. The first kappa shape index (κ1) is 48.2. The Morgan fingerprint density at radius 1 is 1.09 bits per heavy atom. The van der Waals surface area contributed by atoms with Gasteiger partial charge in [-0.05, 0) is 38.2 Å². The average Bonchev–Trinajstić information content (AvgIpc) is 3.14. The van der Waals surface area contributed by atoms with Gasteiger partial charge >= 0.3 is 17.9 Å². The third-order valence-corrected chi connectivity index (χ3v) is 12.8. The van der Waals surface area contributed by atoms with Crippen LogP contribution in [0.3, 0.4) is 0 Å². The van der Waals surface area contributed by atoms with Gasteiger partial charge in [0.25, 0.3) is 0 Å². The number of aliphatic hydroxyl groups excluding tert-OH is 2. The SMILES string of the molecule is CO/C1=C/C(C)=C\[C@@H](C)[C@@H](O)[C@@H](C)C/C(C)=C\C=C/[C@H](OC)[C@@H]([C@@H](C)[C@@H](O)[C@H](C)[C@@]2(O)C[C@@H](OC(=O)C[C@@H]3SC[C@@H](C(=O)O)NC3=O)[C@H](C)[C@@H](C(C)C)O2)OC1=O. The number of carbonyl (C=O) groups is 4. The Labute approximate surface area is 341 Å². The molecule has 57 heavy (non-hydrogen) atoms. The maximum absolute atomic E-state index is 13.7. The molecule has 5 N–H and O–H groups in total. The van der Waals surface area contributed by atoms with Crippen LogP contribution in [0.1, 0.15) is 81.6 Å². The number of thioether (sulfide) groups is 1. The van der Waals surface area contributed by atoms with Crippen molar-refractivity contribution in [1.29, 1.82) is 0 Å². The quantitative estimate of drug-likeness (QED) is 0.184. The van der Waals surface area contributed by atoms with E-state index in [9.17, 15) is 39.6 Å². The van der Waals surface area contributed by atoms with Gasteiger partial charge in [0.15, 0.2) is 5.79 Å². The molecule has 0 aromatic carbocycles. The van der Waals surface area contributed by atoms with Crippen LogP contribution < -0.4 is 5.32 Å². The lowest BCUT2D eigenvalue weighted by Crippen LogP contribution is -2.60. The number of allylic oxidation sites excluding steroid dienone is 5. The van der Waals surface area contributed by atoms with Gasteiger partial charge in [0.2, 0.25) is 11.7 Å². The first-order chi connectivity index (χ1) is 26.6. The van der Waals surface area contributed by atoms with Gasteiger partial charge < -0.3 is 49.4 Å². The number of ether oxygens (including phenoxy) is 5. The number of methoxy groups -OCH3 is 2. The number of hydrogen-bond donors (Lipinski definition) is 5. The van der Waals surface area contributed by atoms with Gasteiger partial charge in [-0.25, -0.2) is 9.59 Å². The summed E-state index contributed by atoms with van der Waals surface area (Å²) in [7, 11) is 2.80. The van der Waals surface area contributed by atoms with Crippen LogP contribution in [-0.2, 0) is 42.9 Å². The highest BCUT2D eigenvalue weighted by atomic mass is 32.2. The van der Waals surface area contributed by atoms with Crippen molar-refractivity contribution < 1.29 is 63.3 Å². The molecule has 14 atom stereocenters. The Morgan fingerprint density at radius 2 is 1.75 bits per heavy atom. The Kier molecular flexibility index (Phi) is 17.9. The van der Waals surface area contributed by atoms with Crippen molar-refractivity contribution in [1.82, 2.24) is 5.32 Å². The molecule has 0 radical (unpaired) electrons. The van der Waals surface area contributed by atoms with Gasteiger partial charge in [0.05, 0.1) is 37.1 Å². The van der Waals surface area contributed by atoms with Crippen molar-refractivity contribution in [3.05, 3.63) is 47.3 Å². The molecule has 0 spiro atoms. The molecule has 0 unspecified atom stereocenters. The molecule has 0 bridgehead atoms. The molecule has 1 amide bonds. The zero-order valence-corrected chi connectivity index (χ0v) is 36.0. The summed E-state index contributed by atoms with van der Waals surface area (Å²) in [4.78, 5) is 50.9. The van der Waals surface area contributed by atoms with E-state index < -0.39 is 89.4 Å². The predicted molar refractivity (Wildman–Crippen MR) is 214 cm³/mol. The standard InChI is InChI=1S/C42H65NO13S/c1-21(2)37-26(7)32(54-34(44)18-33-39(47)43-29(20-57-33)40(48)49)19-42(51,56-37)28(9)36(46)27(8)38-30(52-10)14-12-13-22(3)15-24(5)35(45)25(6)16-23(4)17-31(53-11)41(50)55-38/h12-14,16-17,21,24-30,32-33,35-38,45-46,51H,15,18-20H2,1-11H3,(H,43,47)(H,48,49)/b14-12-,22-13-,23-16-,31-17+/t24-,25+,26-,27-,28-,29-,30-,32+,33-,35-,36+,37+,38+,42+/m0/s1. The van der Waals surface area contributed by atoms with Crippen LogP contribution in [-0.4, -0.2) is 118 Å².